The SMILES string of the molecule is O=C(CN(c1cccc(Br)c1)S(=O)(=O)c1ccccc1)N[C@H]1C[C@H]2CC[C@H]1C2. The number of halogens is 1. The first kappa shape index (κ1) is 19.5. The molecule has 0 unspecified atom stereocenters. The molecule has 4 rings (SSSR count). The number of carbonyl (C=O) groups is 1. The van der Waals surface area contributed by atoms with Gasteiger partial charge >= 0.3 is 0 Å². The molecule has 7 heteroatoms. The molecule has 2 aromatic rings. The zero-order chi connectivity index (χ0) is 19.7. The smallest absolute Gasteiger partial charge is 0.264 e. The van der Waals surface area contributed by atoms with Crippen molar-refractivity contribution in [2.24, 2.45) is 11.8 Å². The third-order valence-electron chi connectivity index (χ3n) is 5.80. The highest BCUT2D eigenvalue weighted by atomic mass is 79.9. The molecule has 2 fully saturated rings. The second-order valence-electron chi connectivity index (χ2n) is 7.65. The lowest BCUT2D eigenvalue weighted by atomic mass is 9.95. The maximum Gasteiger partial charge on any atom is 0.264 e. The van der Waals surface area contributed by atoms with E-state index in [1.807, 2.05) is 6.07 Å². The number of benzene rings is 2. The van der Waals surface area contributed by atoms with Crippen LogP contribution in [0.1, 0.15) is 25.7 Å². The molecule has 2 aromatic carbocycles. The highest BCUT2D eigenvalue weighted by Gasteiger charge is 2.40. The zero-order valence-electron chi connectivity index (χ0n) is 15.4. The molecular weight excluding hydrogens is 440 g/mol. The van der Waals surface area contributed by atoms with Crippen molar-refractivity contribution in [2.45, 2.75) is 36.6 Å². The third-order valence-corrected chi connectivity index (χ3v) is 8.08. The summed E-state index contributed by atoms with van der Waals surface area (Å²) in [5.74, 6) is 1.00. The van der Waals surface area contributed by atoms with Gasteiger partial charge < -0.3 is 5.32 Å². The lowest BCUT2D eigenvalue weighted by molar-refractivity contribution is -0.120. The van der Waals surface area contributed by atoms with E-state index in [0.29, 0.717) is 17.5 Å². The van der Waals surface area contributed by atoms with E-state index in [9.17, 15) is 13.2 Å². The molecule has 2 saturated carbocycles. The van der Waals surface area contributed by atoms with Crippen LogP contribution < -0.4 is 9.62 Å². The number of sulfonamides is 1. The molecule has 0 radical (unpaired) electrons. The van der Waals surface area contributed by atoms with Crippen molar-refractivity contribution >= 4 is 37.5 Å². The van der Waals surface area contributed by atoms with Crippen molar-refractivity contribution < 1.29 is 13.2 Å². The van der Waals surface area contributed by atoms with Crippen LogP contribution in [0.15, 0.2) is 64.0 Å². The Bertz CT molecular complexity index is 965. The van der Waals surface area contributed by atoms with Gasteiger partial charge in [-0.25, -0.2) is 8.42 Å². The monoisotopic (exact) mass is 462 g/mol. The number of nitrogens with zero attached hydrogens (tertiary/aromatic N) is 1. The van der Waals surface area contributed by atoms with E-state index in [2.05, 4.69) is 21.2 Å². The van der Waals surface area contributed by atoms with Crippen LogP contribution in [0.4, 0.5) is 5.69 Å². The Morgan fingerprint density at radius 2 is 1.86 bits per heavy atom. The molecule has 5 nitrogen and oxygen atoms in total. The Balaban J connectivity index is 1.59. The van der Waals surface area contributed by atoms with Crippen molar-refractivity contribution in [1.82, 2.24) is 5.32 Å². The molecule has 28 heavy (non-hydrogen) atoms. The molecule has 148 valence electrons. The second kappa shape index (κ2) is 7.87. The third kappa shape index (κ3) is 3.96. The normalized spacial score (nSPS) is 23.5. The quantitative estimate of drug-likeness (QED) is 0.706. The van der Waals surface area contributed by atoms with Crippen LogP contribution in [0.5, 0.6) is 0 Å². The van der Waals surface area contributed by atoms with Gasteiger partial charge in [0.05, 0.1) is 10.6 Å². The summed E-state index contributed by atoms with van der Waals surface area (Å²) in [5, 5.41) is 3.09. The number of anilines is 1. The average molecular weight is 463 g/mol. The highest BCUT2D eigenvalue weighted by Crippen LogP contribution is 2.44. The lowest BCUT2D eigenvalue weighted by Crippen LogP contribution is -2.46. The van der Waals surface area contributed by atoms with Gasteiger partial charge in [0.25, 0.3) is 10.0 Å². The first-order valence-electron chi connectivity index (χ1n) is 9.56. The molecule has 2 bridgehead atoms. The highest BCUT2D eigenvalue weighted by molar-refractivity contribution is 9.10. The predicted molar refractivity (Wildman–Crippen MR) is 112 cm³/mol. The van der Waals surface area contributed by atoms with Crippen molar-refractivity contribution in [3.8, 4) is 0 Å². The fourth-order valence-electron chi connectivity index (χ4n) is 4.47. The van der Waals surface area contributed by atoms with E-state index < -0.39 is 10.0 Å². The number of rotatable bonds is 6. The molecule has 2 aliphatic rings. The molecule has 0 aromatic heterocycles. The van der Waals surface area contributed by atoms with E-state index in [1.54, 1.807) is 48.5 Å². The van der Waals surface area contributed by atoms with Crippen LogP contribution >= 0.6 is 15.9 Å². The molecule has 1 N–H and O–H groups in total. The van der Waals surface area contributed by atoms with E-state index in [0.717, 1.165) is 17.3 Å². The van der Waals surface area contributed by atoms with Gasteiger partial charge in [0.2, 0.25) is 5.91 Å². The fraction of sp³-hybridized carbons (Fsp3) is 0.381. The Morgan fingerprint density at radius 3 is 2.50 bits per heavy atom. The first-order valence-corrected chi connectivity index (χ1v) is 11.8. The Labute approximate surface area is 174 Å². The standard InChI is InChI=1S/C21H23BrN2O3S/c22-17-5-4-6-18(13-17)24(28(26,27)19-7-2-1-3-8-19)14-21(25)23-20-12-15-9-10-16(20)11-15/h1-8,13,15-16,20H,9-12,14H2,(H,23,25)/t15-,16-,20-/m0/s1. The Morgan fingerprint density at radius 1 is 1.07 bits per heavy atom. The molecule has 0 heterocycles. The molecule has 0 saturated heterocycles. The fourth-order valence-corrected chi connectivity index (χ4v) is 6.29. The predicted octanol–water partition coefficient (Wildman–Crippen LogP) is 3.95. The van der Waals surface area contributed by atoms with Crippen molar-refractivity contribution in [3.05, 3.63) is 59.1 Å². The maximum atomic E-state index is 13.3. The van der Waals surface area contributed by atoms with Crippen LogP contribution in [0.25, 0.3) is 0 Å². The van der Waals surface area contributed by atoms with E-state index >= 15 is 0 Å². The summed E-state index contributed by atoms with van der Waals surface area (Å²) in [6.07, 6.45) is 4.61. The summed E-state index contributed by atoms with van der Waals surface area (Å²) in [5.41, 5.74) is 0.460. The summed E-state index contributed by atoms with van der Waals surface area (Å²) in [7, 11) is -3.86. The van der Waals surface area contributed by atoms with Gasteiger partial charge in [-0.15, -0.1) is 0 Å². The van der Waals surface area contributed by atoms with Gasteiger partial charge in [-0.1, -0.05) is 46.6 Å². The molecule has 2 aliphatic carbocycles. The van der Waals surface area contributed by atoms with Crippen molar-refractivity contribution in [2.75, 3.05) is 10.8 Å². The van der Waals surface area contributed by atoms with Crippen LogP contribution in [0, 0.1) is 11.8 Å². The summed E-state index contributed by atoms with van der Waals surface area (Å²) < 4.78 is 28.5. The molecule has 0 aliphatic heterocycles. The molecular formula is C21H23BrN2O3S. The largest absolute Gasteiger partial charge is 0.352 e. The number of fused-ring (bicyclic) bond motifs is 2. The Kier molecular flexibility index (Phi) is 5.47. The minimum Gasteiger partial charge on any atom is -0.352 e. The van der Waals surface area contributed by atoms with Crippen molar-refractivity contribution in [3.63, 3.8) is 0 Å². The summed E-state index contributed by atoms with van der Waals surface area (Å²) >= 11 is 3.39. The molecule has 0 spiro atoms. The van der Waals surface area contributed by atoms with Gasteiger partial charge in [0.1, 0.15) is 6.54 Å². The van der Waals surface area contributed by atoms with Gasteiger partial charge in [0.15, 0.2) is 0 Å². The summed E-state index contributed by atoms with van der Waals surface area (Å²) in [4.78, 5) is 13.0. The van der Waals surface area contributed by atoms with E-state index in [-0.39, 0.29) is 23.4 Å². The van der Waals surface area contributed by atoms with Gasteiger partial charge in [-0.2, -0.15) is 0 Å². The summed E-state index contributed by atoms with van der Waals surface area (Å²) in [6.45, 7) is -0.235. The van der Waals surface area contributed by atoms with E-state index in [4.69, 9.17) is 0 Å². The maximum absolute atomic E-state index is 13.3. The van der Waals surface area contributed by atoms with Gasteiger partial charge in [-0.05, 0) is 61.4 Å². The molecule has 1 amide bonds. The van der Waals surface area contributed by atoms with Crippen LogP contribution in [0.2, 0.25) is 0 Å². The zero-order valence-corrected chi connectivity index (χ0v) is 17.8. The average Bonchev–Trinajstić information content (AvgIpc) is 3.30. The van der Waals surface area contributed by atoms with Crippen LogP contribution in [-0.4, -0.2) is 26.9 Å². The number of carbonyl (C=O) groups excluding carboxylic acids is 1. The minimum absolute atomic E-state index is 0.169. The number of hydrogen-bond donors (Lipinski definition) is 1. The summed E-state index contributed by atoms with van der Waals surface area (Å²) in [6, 6.07) is 15.4. The van der Waals surface area contributed by atoms with Gasteiger partial charge in [0, 0.05) is 10.5 Å². The Hall–Kier alpha value is -1.86. The molecule has 3 atom stereocenters. The number of hydrogen-bond acceptors (Lipinski definition) is 3. The number of nitrogens with one attached hydrogen (secondary N) is 1. The van der Waals surface area contributed by atoms with Gasteiger partial charge in [-0.3, -0.25) is 9.10 Å². The van der Waals surface area contributed by atoms with E-state index in [1.165, 1.54) is 17.1 Å². The van der Waals surface area contributed by atoms with Crippen molar-refractivity contribution in [1.29, 1.82) is 0 Å². The lowest BCUT2D eigenvalue weighted by Gasteiger charge is -2.27. The van der Waals surface area contributed by atoms with Crippen LogP contribution in [0.3, 0.4) is 0 Å². The number of amides is 1. The first-order chi connectivity index (χ1) is 13.4. The topological polar surface area (TPSA) is 66.5 Å². The van der Waals surface area contributed by atoms with Crippen LogP contribution in [-0.2, 0) is 14.8 Å². The minimum atomic E-state index is -3.86. The second-order valence-corrected chi connectivity index (χ2v) is 10.4.